The van der Waals surface area contributed by atoms with Crippen LogP contribution < -0.4 is 4.74 Å². The smallest absolute Gasteiger partial charge is 0.416 e. The van der Waals surface area contributed by atoms with E-state index in [0.29, 0.717) is 4.90 Å². The second kappa shape index (κ2) is 6.69. The van der Waals surface area contributed by atoms with E-state index >= 15 is 0 Å². The average Bonchev–Trinajstić information content (AvgIpc) is 2.99. The number of benzene rings is 1. The molecule has 0 saturated carbocycles. The number of halogens is 6. The zero-order valence-electron chi connectivity index (χ0n) is 13.0. The van der Waals surface area contributed by atoms with E-state index in [4.69, 9.17) is 9.84 Å². The molecule has 0 radical (unpaired) electrons. The molecular formula is C15H13F6NO4. The molecule has 1 N–H and O–H groups in total. The predicted octanol–water partition coefficient (Wildman–Crippen LogP) is 2.95. The number of rotatable bonds is 4. The van der Waals surface area contributed by atoms with Gasteiger partial charge in [0, 0.05) is 13.1 Å². The second-order valence-corrected chi connectivity index (χ2v) is 5.76. The SMILES string of the molecule is O=C(COc1ccc(C(F)(F)F)cc1)N1CCC(C(=O)O)(C(F)(F)F)C1. The number of carbonyl (C=O) groups excluding carboxylic acids is 1. The van der Waals surface area contributed by atoms with E-state index in [1.165, 1.54) is 0 Å². The molecule has 1 unspecified atom stereocenters. The first-order chi connectivity index (χ1) is 11.9. The van der Waals surface area contributed by atoms with Crippen LogP contribution in [0.2, 0.25) is 0 Å². The molecule has 0 aliphatic carbocycles. The highest BCUT2D eigenvalue weighted by Gasteiger charge is 2.64. The molecule has 11 heteroatoms. The first kappa shape index (κ1) is 19.9. The van der Waals surface area contributed by atoms with Gasteiger partial charge in [-0.25, -0.2) is 0 Å². The lowest BCUT2D eigenvalue weighted by molar-refractivity contribution is -0.227. The van der Waals surface area contributed by atoms with E-state index < -0.39 is 61.3 Å². The number of aliphatic carboxylic acids is 1. The van der Waals surface area contributed by atoms with Gasteiger partial charge in [0.25, 0.3) is 5.91 Å². The van der Waals surface area contributed by atoms with Gasteiger partial charge < -0.3 is 14.7 Å². The Morgan fingerprint density at radius 3 is 2.12 bits per heavy atom. The summed E-state index contributed by atoms with van der Waals surface area (Å²) in [5.41, 5.74) is -3.95. The number of alkyl halides is 6. The average molecular weight is 385 g/mol. The highest BCUT2D eigenvalue weighted by molar-refractivity contribution is 5.82. The minimum Gasteiger partial charge on any atom is -0.484 e. The van der Waals surface area contributed by atoms with Crippen LogP contribution in [0.5, 0.6) is 5.75 Å². The van der Waals surface area contributed by atoms with Gasteiger partial charge in [-0.2, -0.15) is 26.3 Å². The summed E-state index contributed by atoms with van der Waals surface area (Å²) in [5, 5.41) is 8.92. The van der Waals surface area contributed by atoms with Crippen LogP contribution in [-0.2, 0) is 15.8 Å². The van der Waals surface area contributed by atoms with Crippen LogP contribution in [-0.4, -0.2) is 47.8 Å². The van der Waals surface area contributed by atoms with Gasteiger partial charge in [-0.3, -0.25) is 9.59 Å². The third-order valence-corrected chi connectivity index (χ3v) is 4.12. The number of nitrogens with zero attached hydrogens (tertiary/aromatic N) is 1. The van der Waals surface area contributed by atoms with Crippen molar-refractivity contribution in [3.05, 3.63) is 29.8 Å². The highest BCUT2D eigenvalue weighted by atomic mass is 19.4. The van der Waals surface area contributed by atoms with Crippen molar-refractivity contribution in [3.8, 4) is 5.75 Å². The lowest BCUT2D eigenvalue weighted by atomic mass is 9.86. The Balaban J connectivity index is 1.98. The van der Waals surface area contributed by atoms with Crippen molar-refractivity contribution in [2.75, 3.05) is 19.7 Å². The normalized spacial score (nSPS) is 20.9. The van der Waals surface area contributed by atoms with Gasteiger partial charge >= 0.3 is 18.3 Å². The summed E-state index contributed by atoms with van der Waals surface area (Å²) < 4.78 is 81.4. The summed E-state index contributed by atoms with van der Waals surface area (Å²) in [6.07, 6.45) is -10.3. The number of carboxylic acids is 1. The number of hydrogen-bond donors (Lipinski definition) is 1. The zero-order chi connectivity index (χ0) is 19.8. The van der Waals surface area contributed by atoms with E-state index in [2.05, 4.69) is 0 Å². The Labute approximate surface area is 143 Å². The summed E-state index contributed by atoms with van der Waals surface area (Å²) in [6.45, 7) is -2.18. The molecule has 26 heavy (non-hydrogen) atoms. The van der Waals surface area contributed by atoms with Crippen LogP contribution >= 0.6 is 0 Å². The monoisotopic (exact) mass is 385 g/mol. The summed E-state index contributed by atoms with van der Waals surface area (Å²) in [6, 6.07) is 3.40. The maximum absolute atomic E-state index is 13.0. The molecule has 0 spiro atoms. The molecule has 2 rings (SSSR count). The molecule has 1 aliphatic rings. The molecule has 1 amide bonds. The number of amides is 1. The second-order valence-electron chi connectivity index (χ2n) is 5.76. The van der Waals surface area contributed by atoms with Gasteiger partial charge in [0.2, 0.25) is 0 Å². The molecule has 144 valence electrons. The maximum Gasteiger partial charge on any atom is 0.416 e. The molecule has 1 aromatic rings. The summed E-state index contributed by atoms with van der Waals surface area (Å²) >= 11 is 0. The molecule has 1 saturated heterocycles. The third-order valence-electron chi connectivity index (χ3n) is 4.12. The first-order valence-electron chi connectivity index (χ1n) is 7.25. The van der Waals surface area contributed by atoms with Crippen molar-refractivity contribution >= 4 is 11.9 Å². The summed E-state index contributed by atoms with van der Waals surface area (Å²) in [7, 11) is 0. The van der Waals surface area contributed by atoms with Gasteiger partial charge in [-0.1, -0.05) is 0 Å². The zero-order valence-corrected chi connectivity index (χ0v) is 13.0. The molecule has 5 nitrogen and oxygen atoms in total. The molecular weight excluding hydrogens is 372 g/mol. The van der Waals surface area contributed by atoms with Gasteiger partial charge in [0.05, 0.1) is 5.56 Å². The van der Waals surface area contributed by atoms with E-state index in [1.54, 1.807) is 0 Å². The lowest BCUT2D eigenvalue weighted by Crippen LogP contribution is -2.48. The van der Waals surface area contributed by atoms with Crippen molar-refractivity contribution in [3.63, 3.8) is 0 Å². The van der Waals surface area contributed by atoms with Crippen LogP contribution in [0, 0.1) is 5.41 Å². The first-order valence-corrected chi connectivity index (χ1v) is 7.25. The standard InChI is InChI=1S/C15H13F6NO4/c16-14(17,18)9-1-3-10(4-2-9)26-7-11(23)22-6-5-13(8-22,12(24)25)15(19,20)21/h1-4H,5-8H2,(H,24,25). The van der Waals surface area contributed by atoms with Crippen LogP contribution in [0.3, 0.4) is 0 Å². The topological polar surface area (TPSA) is 66.8 Å². The Hall–Kier alpha value is -2.46. The van der Waals surface area contributed by atoms with Crippen molar-refractivity contribution < 1.29 is 45.8 Å². The van der Waals surface area contributed by atoms with Crippen LogP contribution in [0.1, 0.15) is 12.0 Å². The lowest BCUT2D eigenvalue weighted by Gasteiger charge is -2.27. The molecule has 1 heterocycles. The van der Waals surface area contributed by atoms with Crippen molar-refractivity contribution in [1.82, 2.24) is 4.90 Å². The van der Waals surface area contributed by atoms with Gasteiger partial charge in [-0.05, 0) is 30.7 Å². The molecule has 0 bridgehead atoms. The maximum atomic E-state index is 13.0. The summed E-state index contributed by atoms with van der Waals surface area (Å²) in [4.78, 5) is 23.7. The number of carboxylic acid groups (broad SMARTS) is 1. The minimum atomic E-state index is -5.03. The fraction of sp³-hybridized carbons (Fsp3) is 0.467. The largest absolute Gasteiger partial charge is 0.484 e. The minimum absolute atomic E-state index is 0.0779. The fourth-order valence-corrected chi connectivity index (χ4v) is 2.53. The van der Waals surface area contributed by atoms with E-state index in [0.717, 1.165) is 24.3 Å². The highest BCUT2D eigenvalue weighted by Crippen LogP contribution is 2.45. The fourth-order valence-electron chi connectivity index (χ4n) is 2.53. The van der Waals surface area contributed by atoms with Crippen molar-refractivity contribution in [2.24, 2.45) is 5.41 Å². The Kier molecular flexibility index (Phi) is 5.11. The van der Waals surface area contributed by atoms with Crippen LogP contribution in [0.15, 0.2) is 24.3 Å². The van der Waals surface area contributed by atoms with E-state index in [1.807, 2.05) is 0 Å². The molecule has 1 aliphatic heterocycles. The van der Waals surface area contributed by atoms with Gasteiger partial charge in [-0.15, -0.1) is 0 Å². The quantitative estimate of drug-likeness (QED) is 0.810. The molecule has 1 fully saturated rings. The summed E-state index contributed by atoms with van der Waals surface area (Å²) in [5.74, 6) is -3.04. The Morgan fingerprint density at radius 1 is 1.12 bits per heavy atom. The van der Waals surface area contributed by atoms with Gasteiger partial charge in [0.1, 0.15) is 5.75 Å². The Morgan fingerprint density at radius 2 is 1.69 bits per heavy atom. The number of ether oxygens (including phenoxy) is 1. The molecule has 1 aromatic carbocycles. The van der Waals surface area contributed by atoms with E-state index in [9.17, 15) is 35.9 Å². The number of hydrogen-bond acceptors (Lipinski definition) is 3. The number of likely N-dealkylation sites (tertiary alicyclic amines) is 1. The third kappa shape index (κ3) is 3.86. The van der Waals surface area contributed by atoms with Crippen molar-refractivity contribution in [1.29, 1.82) is 0 Å². The van der Waals surface area contributed by atoms with Gasteiger partial charge in [0.15, 0.2) is 12.0 Å². The van der Waals surface area contributed by atoms with Crippen molar-refractivity contribution in [2.45, 2.75) is 18.8 Å². The molecule has 0 aromatic heterocycles. The predicted molar refractivity (Wildman–Crippen MR) is 74.3 cm³/mol. The number of carbonyl (C=O) groups is 2. The van der Waals surface area contributed by atoms with Crippen LogP contribution in [0.4, 0.5) is 26.3 Å². The van der Waals surface area contributed by atoms with Crippen LogP contribution in [0.25, 0.3) is 0 Å². The molecule has 1 atom stereocenters. The Bertz CT molecular complexity index is 685. The van der Waals surface area contributed by atoms with E-state index in [-0.39, 0.29) is 5.75 Å².